The van der Waals surface area contributed by atoms with Gasteiger partial charge in [0.15, 0.2) is 0 Å². The van der Waals surface area contributed by atoms with Crippen LogP contribution in [-0.2, 0) is 25.6 Å². The molecular weight excluding hydrogens is 307 g/mol. The lowest BCUT2D eigenvalue weighted by Crippen LogP contribution is -2.23. The fourth-order valence-electron chi connectivity index (χ4n) is 2.82. The maximum absolute atomic E-state index is 13.0. The fourth-order valence-corrected chi connectivity index (χ4v) is 2.82. The van der Waals surface area contributed by atoms with Gasteiger partial charge in [-0.05, 0) is 37.3 Å². The van der Waals surface area contributed by atoms with Crippen LogP contribution in [0.1, 0.15) is 35.2 Å². The number of hydrogen-bond acceptors (Lipinski definition) is 3. The molecule has 1 aliphatic rings. The van der Waals surface area contributed by atoms with Crippen LogP contribution in [-0.4, -0.2) is 9.97 Å². The molecule has 2 aromatic rings. The Morgan fingerprint density at radius 2 is 1.91 bits per heavy atom. The number of H-pyrrole nitrogens is 1. The Bertz CT molecular complexity index is 768. The van der Waals surface area contributed by atoms with Crippen LogP contribution in [0, 0.1) is 0 Å². The van der Waals surface area contributed by atoms with Crippen LogP contribution in [0.3, 0.4) is 0 Å². The van der Waals surface area contributed by atoms with Crippen molar-refractivity contribution in [3.63, 3.8) is 0 Å². The first-order valence-corrected chi connectivity index (χ1v) is 7.46. The normalized spacial score (nSPS) is 14.4. The summed E-state index contributed by atoms with van der Waals surface area (Å²) in [6, 6.07) is 5.35. The van der Waals surface area contributed by atoms with Crippen LogP contribution < -0.4 is 10.9 Å². The third-order valence-electron chi connectivity index (χ3n) is 3.96. The molecule has 0 spiro atoms. The van der Waals surface area contributed by atoms with Gasteiger partial charge in [0.1, 0.15) is 0 Å². The molecule has 0 fully saturated rings. The number of nitrogens with zero attached hydrogens (tertiary/aromatic N) is 1. The molecule has 0 atom stereocenters. The number of hydrogen-bond donors (Lipinski definition) is 2. The summed E-state index contributed by atoms with van der Waals surface area (Å²) < 4.78 is 38.9. The molecule has 1 aromatic carbocycles. The van der Waals surface area contributed by atoms with Gasteiger partial charge < -0.3 is 5.32 Å². The van der Waals surface area contributed by atoms with Crippen LogP contribution in [0.4, 0.5) is 19.1 Å². The summed E-state index contributed by atoms with van der Waals surface area (Å²) in [6.07, 6.45) is -1.04. The third-order valence-corrected chi connectivity index (χ3v) is 3.96. The molecule has 0 radical (unpaired) electrons. The standard InChI is InChI=1S/C16H16F3N3O/c17-16(18,19)12-7-3-1-5-10(12)9-20-15-21-13-8-4-2-6-11(13)14(23)22-15/h1,3,5,7H,2,4,6,8-9H2,(H2,20,21,22,23). The lowest BCUT2D eigenvalue weighted by Gasteiger charge is -2.16. The molecule has 2 N–H and O–H groups in total. The first-order chi connectivity index (χ1) is 10.9. The molecule has 3 rings (SSSR count). The van der Waals surface area contributed by atoms with Gasteiger partial charge in [-0.1, -0.05) is 18.2 Å². The minimum absolute atomic E-state index is 0.0581. The van der Waals surface area contributed by atoms with E-state index in [2.05, 4.69) is 15.3 Å². The molecule has 0 saturated heterocycles. The molecule has 1 aromatic heterocycles. The van der Waals surface area contributed by atoms with Crippen LogP contribution in [0.5, 0.6) is 0 Å². The Labute approximate surface area is 130 Å². The molecule has 1 heterocycles. The number of aromatic amines is 1. The van der Waals surface area contributed by atoms with Crippen LogP contribution >= 0.6 is 0 Å². The highest BCUT2D eigenvalue weighted by Crippen LogP contribution is 2.32. The van der Waals surface area contributed by atoms with Crippen molar-refractivity contribution in [2.75, 3.05) is 5.32 Å². The second-order valence-electron chi connectivity index (χ2n) is 5.56. The van der Waals surface area contributed by atoms with Gasteiger partial charge in [-0.2, -0.15) is 13.2 Å². The predicted octanol–water partition coefficient (Wildman–Crippen LogP) is 3.28. The summed E-state index contributed by atoms with van der Waals surface area (Å²) in [5.74, 6) is 0.215. The van der Waals surface area contributed by atoms with Crippen molar-refractivity contribution in [2.45, 2.75) is 38.4 Å². The number of nitrogens with one attached hydrogen (secondary N) is 2. The molecular formula is C16H16F3N3O. The van der Waals surface area contributed by atoms with Gasteiger partial charge in [0.25, 0.3) is 5.56 Å². The SMILES string of the molecule is O=c1[nH]c(NCc2ccccc2C(F)(F)F)nc2c1CCCC2. The molecule has 4 nitrogen and oxygen atoms in total. The molecule has 1 aliphatic carbocycles. The van der Waals surface area contributed by atoms with E-state index in [1.807, 2.05) is 0 Å². The second-order valence-corrected chi connectivity index (χ2v) is 5.56. The Kier molecular flexibility index (Phi) is 4.11. The number of halogens is 3. The van der Waals surface area contributed by atoms with E-state index in [4.69, 9.17) is 0 Å². The number of anilines is 1. The van der Waals surface area contributed by atoms with E-state index in [0.717, 1.165) is 31.0 Å². The minimum atomic E-state index is -4.41. The maximum Gasteiger partial charge on any atom is 0.416 e. The van der Waals surface area contributed by atoms with E-state index >= 15 is 0 Å². The Hall–Kier alpha value is -2.31. The monoisotopic (exact) mass is 323 g/mol. The average Bonchev–Trinajstić information content (AvgIpc) is 2.52. The van der Waals surface area contributed by atoms with Gasteiger partial charge in [0.05, 0.1) is 11.3 Å². The number of aromatic nitrogens is 2. The van der Waals surface area contributed by atoms with Gasteiger partial charge in [-0.3, -0.25) is 9.78 Å². The lowest BCUT2D eigenvalue weighted by molar-refractivity contribution is -0.138. The van der Waals surface area contributed by atoms with Gasteiger partial charge in [-0.15, -0.1) is 0 Å². The van der Waals surface area contributed by atoms with Crippen molar-refractivity contribution >= 4 is 5.95 Å². The zero-order chi connectivity index (χ0) is 16.4. The summed E-state index contributed by atoms with van der Waals surface area (Å²) in [7, 11) is 0. The van der Waals surface area contributed by atoms with Gasteiger partial charge in [0.2, 0.25) is 5.95 Å². The smallest absolute Gasteiger partial charge is 0.352 e. The number of alkyl halides is 3. The highest BCUT2D eigenvalue weighted by molar-refractivity contribution is 5.36. The molecule has 122 valence electrons. The van der Waals surface area contributed by atoms with Gasteiger partial charge in [-0.25, -0.2) is 4.98 Å². The summed E-state index contributed by atoms with van der Waals surface area (Å²) in [5.41, 5.74) is 0.651. The van der Waals surface area contributed by atoms with E-state index in [1.54, 1.807) is 6.07 Å². The largest absolute Gasteiger partial charge is 0.416 e. The summed E-state index contributed by atoms with van der Waals surface area (Å²) in [6.45, 7) is -0.0581. The topological polar surface area (TPSA) is 57.8 Å². The van der Waals surface area contributed by atoms with Crippen molar-refractivity contribution in [3.8, 4) is 0 Å². The van der Waals surface area contributed by atoms with E-state index in [1.165, 1.54) is 12.1 Å². The second kappa shape index (κ2) is 6.06. The third kappa shape index (κ3) is 3.38. The Morgan fingerprint density at radius 3 is 2.70 bits per heavy atom. The van der Waals surface area contributed by atoms with E-state index in [-0.39, 0.29) is 23.6 Å². The van der Waals surface area contributed by atoms with E-state index in [9.17, 15) is 18.0 Å². The zero-order valence-corrected chi connectivity index (χ0v) is 12.3. The van der Waals surface area contributed by atoms with Crippen molar-refractivity contribution in [3.05, 3.63) is 57.0 Å². The quantitative estimate of drug-likeness (QED) is 0.911. The number of aryl methyl sites for hydroxylation is 1. The van der Waals surface area contributed by atoms with Gasteiger partial charge >= 0.3 is 6.18 Å². The van der Waals surface area contributed by atoms with Gasteiger partial charge in [0, 0.05) is 12.1 Å². The Balaban J connectivity index is 1.82. The highest BCUT2D eigenvalue weighted by atomic mass is 19.4. The van der Waals surface area contributed by atoms with Crippen LogP contribution in [0.2, 0.25) is 0 Å². The maximum atomic E-state index is 13.0. The summed E-state index contributed by atoms with van der Waals surface area (Å²) in [5, 5.41) is 2.80. The number of benzene rings is 1. The fraction of sp³-hybridized carbons (Fsp3) is 0.375. The first-order valence-electron chi connectivity index (χ1n) is 7.46. The van der Waals surface area contributed by atoms with Crippen molar-refractivity contribution in [2.24, 2.45) is 0 Å². The molecule has 0 amide bonds. The highest BCUT2D eigenvalue weighted by Gasteiger charge is 2.32. The molecule has 0 saturated carbocycles. The zero-order valence-electron chi connectivity index (χ0n) is 12.3. The summed E-state index contributed by atoms with van der Waals surface area (Å²) >= 11 is 0. The van der Waals surface area contributed by atoms with Crippen molar-refractivity contribution in [1.82, 2.24) is 9.97 Å². The molecule has 0 unspecified atom stereocenters. The number of rotatable bonds is 3. The average molecular weight is 323 g/mol. The lowest BCUT2D eigenvalue weighted by atomic mass is 9.97. The summed E-state index contributed by atoms with van der Waals surface area (Å²) in [4.78, 5) is 18.9. The predicted molar refractivity (Wildman–Crippen MR) is 80.3 cm³/mol. The van der Waals surface area contributed by atoms with Crippen LogP contribution in [0.25, 0.3) is 0 Å². The number of fused-ring (bicyclic) bond motifs is 1. The first kappa shape index (κ1) is 15.6. The molecule has 0 aliphatic heterocycles. The van der Waals surface area contributed by atoms with Crippen LogP contribution in [0.15, 0.2) is 29.1 Å². The minimum Gasteiger partial charge on any atom is -0.352 e. The molecule has 23 heavy (non-hydrogen) atoms. The molecule has 0 bridgehead atoms. The van der Waals surface area contributed by atoms with Crippen molar-refractivity contribution < 1.29 is 13.2 Å². The van der Waals surface area contributed by atoms with Crippen molar-refractivity contribution in [1.29, 1.82) is 0 Å². The van der Waals surface area contributed by atoms with E-state index < -0.39 is 11.7 Å². The molecule has 7 heteroatoms. The van der Waals surface area contributed by atoms with E-state index in [0.29, 0.717) is 12.0 Å². The Morgan fingerprint density at radius 1 is 1.17 bits per heavy atom.